The van der Waals surface area contributed by atoms with Gasteiger partial charge in [-0.15, -0.1) is 0 Å². The van der Waals surface area contributed by atoms with Crippen LogP contribution in [0.4, 0.5) is 0 Å². The van der Waals surface area contributed by atoms with Crippen molar-refractivity contribution < 1.29 is 0 Å². The lowest BCUT2D eigenvalue weighted by Crippen LogP contribution is -1.98. The van der Waals surface area contributed by atoms with Crippen molar-refractivity contribution in [1.82, 2.24) is 0 Å². The molecule has 1 rings (SSSR count). The predicted molar refractivity (Wildman–Crippen MR) is 48.7 cm³/mol. The van der Waals surface area contributed by atoms with Gasteiger partial charge in [0.15, 0.2) is 0 Å². The summed E-state index contributed by atoms with van der Waals surface area (Å²) in [5, 5.41) is 1.46. The number of benzene rings is 1. The molecule has 0 aliphatic heterocycles. The second kappa shape index (κ2) is 2.64. The van der Waals surface area contributed by atoms with E-state index < -0.39 is 0 Å². The lowest BCUT2D eigenvalue weighted by atomic mass is 10.4. The Kier molecular flexibility index (Phi) is 2.07. The van der Waals surface area contributed by atoms with Crippen LogP contribution in [0.2, 0.25) is 0 Å². The molecule has 0 unspecified atom stereocenters. The fraction of sp³-hybridized carbons (Fsp3) is 0. The zero-order valence-corrected chi connectivity index (χ0v) is 8.84. The molecule has 0 N–H and O–H groups in total. The van der Waals surface area contributed by atoms with Crippen LogP contribution < -0.4 is 5.19 Å². The van der Waals surface area contributed by atoms with Crippen LogP contribution in [0.1, 0.15) is 0 Å². The summed E-state index contributed by atoms with van der Waals surface area (Å²) in [6.45, 7) is 0. The highest BCUT2D eigenvalue weighted by Crippen LogP contribution is 1.98. The van der Waals surface area contributed by atoms with Gasteiger partial charge in [0, 0.05) is 13.8 Å². The number of hydrogen-bond donors (Lipinski definition) is 0. The average molecular weight is 234 g/mol. The van der Waals surface area contributed by atoms with Crippen LogP contribution in [0.3, 0.4) is 0 Å². The fourth-order valence-corrected chi connectivity index (χ4v) is 1.23. The smallest absolute Gasteiger partial charge is 0.0384 e. The van der Waals surface area contributed by atoms with E-state index in [1.165, 1.54) is 19.0 Å². The van der Waals surface area contributed by atoms with Gasteiger partial charge in [0.25, 0.3) is 0 Å². The molecule has 1 aromatic rings. The maximum absolute atomic E-state index is 2.31. The van der Waals surface area contributed by atoms with E-state index in [0.29, 0.717) is 0 Å². The molecule has 0 bridgehead atoms. The summed E-state index contributed by atoms with van der Waals surface area (Å²) in [7, 11) is 1.17. The third-order valence-corrected chi connectivity index (χ3v) is 2.40. The summed E-state index contributed by atoms with van der Waals surface area (Å²) >= 11 is 2.31. The molecule has 1 aromatic carbocycles. The van der Waals surface area contributed by atoms with Gasteiger partial charge in [-0.1, -0.05) is 17.3 Å². The Hall–Kier alpha value is 0.167. The van der Waals surface area contributed by atoms with E-state index in [-0.39, 0.29) is 0 Å². The Balaban J connectivity index is 3.03. The maximum atomic E-state index is 2.31. The summed E-state index contributed by atoms with van der Waals surface area (Å²) in [6, 6.07) is 8.63. The number of halogens is 1. The van der Waals surface area contributed by atoms with Gasteiger partial charge in [-0.25, -0.2) is 0 Å². The molecule has 0 aromatic heterocycles. The van der Waals surface area contributed by atoms with Crippen molar-refractivity contribution >= 4 is 38.0 Å². The molecule has 0 nitrogen and oxygen atoms in total. The second-order valence-corrected chi connectivity index (χ2v) is 4.20. The van der Waals surface area contributed by atoms with Crippen LogP contribution in [0.25, 0.3) is 0 Å². The predicted octanol–water partition coefficient (Wildman–Crippen LogP) is 0.282. The van der Waals surface area contributed by atoms with Gasteiger partial charge >= 0.3 is 0 Å². The molecule has 42 valence electrons. The summed E-state index contributed by atoms with van der Waals surface area (Å²) in [5.74, 6) is 0. The summed E-state index contributed by atoms with van der Waals surface area (Å²) in [4.78, 5) is 0. The van der Waals surface area contributed by atoms with Crippen molar-refractivity contribution in [2.24, 2.45) is 0 Å². The van der Waals surface area contributed by atoms with Crippen LogP contribution in [0.15, 0.2) is 24.3 Å². The average Bonchev–Trinajstić information content (AvgIpc) is 1.77. The molecule has 0 atom stereocenters. The van der Waals surface area contributed by atoms with Gasteiger partial charge in [0.2, 0.25) is 0 Å². The lowest BCUT2D eigenvalue weighted by Gasteiger charge is -1.88. The minimum absolute atomic E-state index is 1.17. The molecular weight excluding hydrogens is 227 g/mol. The normalized spacial score (nSPS) is 9.62. The monoisotopic (exact) mass is 234 g/mol. The molecule has 0 aliphatic rings. The number of rotatable bonds is 0. The third-order valence-electron chi connectivity index (χ3n) is 1.01. The summed E-state index contributed by atoms with van der Waals surface area (Å²) < 4.78 is 1.32. The topological polar surface area (TPSA) is 0 Å². The Labute approximate surface area is 65.9 Å². The van der Waals surface area contributed by atoms with Crippen LogP contribution in [0.5, 0.6) is 0 Å². The molecule has 0 saturated heterocycles. The molecule has 0 heterocycles. The van der Waals surface area contributed by atoms with Gasteiger partial charge in [-0.05, 0) is 34.7 Å². The van der Waals surface area contributed by atoms with Gasteiger partial charge in [0.1, 0.15) is 0 Å². The Morgan fingerprint density at radius 1 is 1.12 bits per heavy atom. The van der Waals surface area contributed by atoms with Gasteiger partial charge in [-0.2, -0.15) is 0 Å². The third kappa shape index (κ3) is 1.59. The first kappa shape index (κ1) is 6.29. The van der Waals surface area contributed by atoms with E-state index in [4.69, 9.17) is 0 Å². The van der Waals surface area contributed by atoms with E-state index in [0.717, 1.165) is 0 Å². The second-order valence-electron chi connectivity index (χ2n) is 1.80. The molecule has 0 amide bonds. The molecule has 0 aliphatic carbocycles. The first-order valence-corrected chi connectivity index (χ1v) is 4.59. The summed E-state index contributed by atoms with van der Waals surface area (Å²) in [5.41, 5.74) is 0. The van der Waals surface area contributed by atoms with Crippen molar-refractivity contribution in [3.63, 3.8) is 0 Å². The van der Waals surface area contributed by atoms with E-state index in [9.17, 15) is 0 Å². The Bertz CT molecular complexity index is 147. The first-order valence-electron chi connectivity index (χ1n) is 2.51. The molecular formula is C6H7ISi. The van der Waals surface area contributed by atoms with Crippen molar-refractivity contribution in [3.05, 3.63) is 27.8 Å². The Morgan fingerprint density at radius 3 is 2.00 bits per heavy atom. The fourth-order valence-electron chi connectivity index (χ4n) is 0.533. The van der Waals surface area contributed by atoms with Crippen molar-refractivity contribution in [3.8, 4) is 0 Å². The minimum Gasteiger partial charge on any atom is -0.0707 e. The first-order chi connectivity index (χ1) is 3.79. The van der Waals surface area contributed by atoms with E-state index in [1.54, 1.807) is 0 Å². The largest absolute Gasteiger partial charge is 0.0707 e. The summed E-state index contributed by atoms with van der Waals surface area (Å²) in [6.07, 6.45) is 0. The quantitative estimate of drug-likeness (QED) is 0.447. The molecule has 8 heavy (non-hydrogen) atoms. The van der Waals surface area contributed by atoms with Crippen LogP contribution >= 0.6 is 22.6 Å². The molecule has 2 heteroatoms. The van der Waals surface area contributed by atoms with Gasteiger partial charge in [-0.3, -0.25) is 0 Å². The lowest BCUT2D eigenvalue weighted by molar-refractivity contribution is 1.69. The van der Waals surface area contributed by atoms with Crippen LogP contribution in [0, 0.1) is 3.57 Å². The maximum Gasteiger partial charge on any atom is 0.0384 e. The van der Waals surface area contributed by atoms with E-state index in [1.807, 2.05) is 0 Å². The van der Waals surface area contributed by atoms with E-state index >= 15 is 0 Å². The van der Waals surface area contributed by atoms with Crippen molar-refractivity contribution in [1.29, 1.82) is 0 Å². The molecule has 0 fully saturated rings. The van der Waals surface area contributed by atoms with Gasteiger partial charge < -0.3 is 0 Å². The minimum atomic E-state index is 1.17. The zero-order valence-electron chi connectivity index (χ0n) is 4.69. The molecule has 0 saturated carbocycles. The molecule has 0 spiro atoms. The molecule has 0 radical (unpaired) electrons. The van der Waals surface area contributed by atoms with Gasteiger partial charge in [0.05, 0.1) is 0 Å². The highest BCUT2D eigenvalue weighted by Gasteiger charge is 1.81. The van der Waals surface area contributed by atoms with Crippen LogP contribution in [-0.4, -0.2) is 10.2 Å². The van der Waals surface area contributed by atoms with Crippen LogP contribution in [-0.2, 0) is 0 Å². The highest BCUT2D eigenvalue weighted by atomic mass is 127. The zero-order chi connectivity index (χ0) is 5.98. The SMILES string of the molecule is [SiH3]c1ccc(I)cc1. The number of hydrogen-bond acceptors (Lipinski definition) is 0. The Morgan fingerprint density at radius 2 is 1.62 bits per heavy atom. The standard InChI is InChI=1S/C6H7ISi/c7-5-1-3-6(8)4-2-5/h1-4H,8H3. The van der Waals surface area contributed by atoms with Crippen molar-refractivity contribution in [2.75, 3.05) is 0 Å². The highest BCUT2D eigenvalue weighted by molar-refractivity contribution is 14.1. The van der Waals surface area contributed by atoms with Crippen molar-refractivity contribution in [2.45, 2.75) is 0 Å². The van der Waals surface area contributed by atoms with E-state index in [2.05, 4.69) is 46.9 Å².